The van der Waals surface area contributed by atoms with Crippen LogP contribution in [0.25, 0.3) is 0 Å². The minimum atomic E-state index is -3.63. The molecule has 0 aliphatic rings. The van der Waals surface area contributed by atoms with Crippen LogP contribution in [0.3, 0.4) is 0 Å². The molecule has 11 heteroatoms. The van der Waals surface area contributed by atoms with E-state index in [1.165, 1.54) is 0 Å². The monoisotopic (exact) mass is 572 g/mol. The Balaban J connectivity index is -0.0000000171. The SMILES string of the molecule is O=[Si]([O-])[O-].O=[Si]([O-])[O-].[Ce+4].[Ce+4].[Ce+4]. The first-order chi connectivity index (χ1) is 3.46. The van der Waals surface area contributed by atoms with E-state index >= 15 is 0 Å². The second-order valence-electron chi connectivity index (χ2n) is 0.500. The van der Waals surface area contributed by atoms with Gasteiger partial charge in [0.15, 0.2) is 0 Å². The predicted octanol–water partition coefficient (Wildman–Crippen LogP) is -5.76. The van der Waals surface area contributed by atoms with Crippen LogP contribution in [0.4, 0.5) is 0 Å². The van der Waals surface area contributed by atoms with Gasteiger partial charge in [-0.2, -0.15) is 0 Å². The standard InChI is InChI=1S/3Ce.2O3Si/c;;;2*1-4(2)3/q3*+4;2*-2. The van der Waals surface area contributed by atoms with Crippen molar-refractivity contribution >= 4 is 18.3 Å². The van der Waals surface area contributed by atoms with Crippen LogP contribution in [0.1, 0.15) is 0 Å². The van der Waals surface area contributed by atoms with Gasteiger partial charge in [-0.3, -0.25) is 0 Å². The molecule has 0 aromatic heterocycles. The van der Waals surface area contributed by atoms with Gasteiger partial charge in [0.05, 0.1) is 0 Å². The van der Waals surface area contributed by atoms with E-state index in [0.29, 0.717) is 0 Å². The van der Waals surface area contributed by atoms with Gasteiger partial charge in [0, 0.05) is 18.3 Å². The van der Waals surface area contributed by atoms with E-state index in [4.69, 9.17) is 28.1 Å². The van der Waals surface area contributed by atoms with Crippen LogP contribution < -0.4 is 19.2 Å². The fourth-order valence-electron chi connectivity index (χ4n) is 0. The summed E-state index contributed by atoms with van der Waals surface area (Å²) in [7, 11) is -7.26. The average Bonchev–Trinajstić information content (AvgIpc) is 1.25. The molecule has 0 amide bonds. The Kier molecular flexibility index (Phi) is 62.0. The number of rotatable bonds is 0. The summed E-state index contributed by atoms with van der Waals surface area (Å²) >= 11 is 0. The molecular weight excluding hydrogens is 573 g/mol. The molecule has 0 aliphatic carbocycles. The van der Waals surface area contributed by atoms with Gasteiger partial charge in [0.25, 0.3) is 0 Å². The van der Waals surface area contributed by atoms with E-state index in [-0.39, 0.29) is 125 Å². The molecule has 0 aliphatic heterocycles. The molecule has 0 radical (unpaired) electrons. The molecule has 0 rings (SSSR count). The maximum absolute atomic E-state index is 8.52. The Morgan fingerprint density at radius 3 is 0.636 bits per heavy atom. The van der Waals surface area contributed by atoms with E-state index in [9.17, 15) is 0 Å². The van der Waals surface area contributed by atoms with Gasteiger partial charge < -0.3 is 28.1 Å². The van der Waals surface area contributed by atoms with E-state index in [1.807, 2.05) is 0 Å². The van der Waals surface area contributed by atoms with Crippen LogP contribution in [0.15, 0.2) is 0 Å². The van der Waals surface area contributed by atoms with Gasteiger partial charge >= 0.3 is 125 Å². The maximum Gasteiger partial charge on any atom is 4.00 e. The van der Waals surface area contributed by atoms with Gasteiger partial charge in [-0.15, -0.1) is 0 Å². The van der Waals surface area contributed by atoms with Gasteiger partial charge in [0.1, 0.15) is 0 Å². The fraction of sp³-hybridized carbons (Fsp3) is 0. The molecular formula is Ce3O6Si2+8. The summed E-state index contributed by atoms with van der Waals surface area (Å²) in [5.41, 5.74) is 0. The smallest absolute Gasteiger partial charge is 0.672 e. The van der Waals surface area contributed by atoms with Gasteiger partial charge in [0.2, 0.25) is 0 Å². The molecule has 0 atom stereocenters. The van der Waals surface area contributed by atoms with Crippen molar-refractivity contribution in [2.45, 2.75) is 0 Å². The first kappa shape index (κ1) is 29.3. The van der Waals surface area contributed by atoms with Crippen molar-refractivity contribution in [3.63, 3.8) is 0 Å². The number of hydrogen-bond acceptors (Lipinski definition) is 6. The van der Waals surface area contributed by atoms with E-state index in [0.717, 1.165) is 0 Å². The molecule has 11 heavy (non-hydrogen) atoms. The zero-order valence-electron chi connectivity index (χ0n) is 4.95. The van der Waals surface area contributed by atoms with Crippen molar-refractivity contribution in [1.29, 1.82) is 0 Å². The molecule has 6 nitrogen and oxygen atoms in total. The summed E-state index contributed by atoms with van der Waals surface area (Å²) in [4.78, 5) is 34.1. The van der Waals surface area contributed by atoms with Crippen molar-refractivity contribution < 1.29 is 153 Å². The van der Waals surface area contributed by atoms with E-state index in [1.54, 1.807) is 0 Å². The molecule has 0 heterocycles. The molecule has 0 aromatic rings. The van der Waals surface area contributed by atoms with Crippen LogP contribution in [-0.2, 0) is 8.92 Å². The van der Waals surface area contributed by atoms with E-state index in [2.05, 4.69) is 0 Å². The first-order valence-corrected chi connectivity index (χ1v) is 3.67. The molecule has 0 saturated carbocycles. The second-order valence-corrected chi connectivity index (χ2v) is 1.50. The summed E-state index contributed by atoms with van der Waals surface area (Å²) in [6, 6.07) is 0. The molecule has 0 saturated heterocycles. The summed E-state index contributed by atoms with van der Waals surface area (Å²) in [6.45, 7) is 0. The molecule has 0 spiro atoms. The first-order valence-electron chi connectivity index (χ1n) is 1.22. The minimum absolute atomic E-state index is 0. The van der Waals surface area contributed by atoms with E-state index < -0.39 is 18.3 Å². The van der Waals surface area contributed by atoms with Gasteiger partial charge in [-0.1, -0.05) is 0 Å². The van der Waals surface area contributed by atoms with Gasteiger partial charge in [-0.25, -0.2) is 0 Å². The quantitative estimate of drug-likeness (QED) is 0.267. The van der Waals surface area contributed by atoms with Crippen LogP contribution in [-0.4, -0.2) is 18.3 Å². The third-order valence-electron chi connectivity index (χ3n) is 0. The topological polar surface area (TPSA) is 126 Å². The largest absolute Gasteiger partial charge is 4.00 e. The Bertz CT molecular complexity index is 73.8. The average molecular weight is 573 g/mol. The Labute approximate surface area is 167 Å². The van der Waals surface area contributed by atoms with Crippen molar-refractivity contribution in [3.05, 3.63) is 0 Å². The maximum atomic E-state index is 8.52. The fourth-order valence-corrected chi connectivity index (χ4v) is 0. The second kappa shape index (κ2) is 23.3. The summed E-state index contributed by atoms with van der Waals surface area (Å²) in [5, 5.41) is 0. The molecule has 0 unspecified atom stereocenters. The Morgan fingerprint density at radius 1 is 0.636 bits per heavy atom. The Hall–Kier alpha value is 3.36. The molecule has 0 N–H and O–H groups in total. The van der Waals surface area contributed by atoms with Gasteiger partial charge in [-0.05, 0) is 0 Å². The predicted molar refractivity (Wildman–Crippen MR) is 12.9 cm³/mol. The minimum Gasteiger partial charge on any atom is -0.672 e. The van der Waals surface area contributed by atoms with Crippen LogP contribution in [0.2, 0.25) is 0 Å². The third kappa shape index (κ3) is 153. The normalized spacial score (nSPS) is 4.36. The molecule has 48 valence electrons. The summed E-state index contributed by atoms with van der Waals surface area (Å²) < 4.78 is 17.0. The molecule has 0 bridgehead atoms. The van der Waals surface area contributed by atoms with Crippen molar-refractivity contribution in [3.8, 4) is 0 Å². The third-order valence-corrected chi connectivity index (χ3v) is 0. The summed E-state index contributed by atoms with van der Waals surface area (Å²) in [5.74, 6) is 0. The van der Waals surface area contributed by atoms with Crippen LogP contribution in [0, 0.1) is 125 Å². The van der Waals surface area contributed by atoms with Crippen molar-refractivity contribution in [1.82, 2.24) is 0 Å². The summed E-state index contributed by atoms with van der Waals surface area (Å²) in [6.07, 6.45) is 0. The number of hydrogen-bond donors (Lipinski definition) is 0. The van der Waals surface area contributed by atoms with Crippen molar-refractivity contribution in [2.24, 2.45) is 0 Å². The molecule has 0 fully saturated rings. The Morgan fingerprint density at radius 2 is 0.636 bits per heavy atom. The van der Waals surface area contributed by atoms with Crippen LogP contribution in [0.5, 0.6) is 0 Å². The zero-order valence-corrected chi connectivity index (χ0v) is 16.4. The van der Waals surface area contributed by atoms with Crippen molar-refractivity contribution in [2.75, 3.05) is 0 Å². The molecule has 0 aromatic carbocycles. The van der Waals surface area contributed by atoms with Crippen LogP contribution >= 0.6 is 0 Å². The zero-order chi connectivity index (χ0) is 7.15.